The molecule has 1 amide bonds. The first-order valence-corrected chi connectivity index (χ1v) is 6.72. The molecule has 0 unspecified atom stereocenters. The Morgan fingerprint density at radius 1 is 1.48 bits per heavy atom. The molecule has 0 aliphatic carbocycles. The second-order valence-electron chi connectivity index (χ2n) is 4.63. The molecule has 0 atom stereocenters. The molecule has 21 heavy (non-hydrogen) atoms. The number of carbonyl (C=O) groups excluding carboxylic acids is 1. The standard InChI is InChI=1S/C14H19N5O2/c1-11-3-2-4-13(7-11)21-6-5-16-14(20)10-19-9-12(8-15)17-18-19/h2-4,7,9H,5-6,8,10,15H2,1H3,(H,16,20). The number of hydrogen-bond donors (Lipinski definition) is 2. The van der Waals surface area contributed by atoms with E-state index in [9.17, 15) is 4.79 Å². The zero-order valence-electron chi connectivity index (χ0n) is 12.0. The van der Waals surface area contributed by atoms with Crippen molar-refractivity contribution in [3.8, 4) is 5.75 Å². The predicted octanol–water partition coefficient (Wildman–Crippen LogP) is 0.240. The van der Waals surface area contributed by atoms with Crippen LogP contribution in [0.3, 0.4) is 0 Å². The molecule has 0 saturated carbocycles. The van der Waals surface area contributed by atoms with Gasteiger partial charge in [0.05, 0.1) is 18.4 Å². The van der Waals surface area contributed by atoms with Gasteiger partial charge in [-0.05, 0) is 24.6 Å². The molecule has 1 aromatic heterocycles. The Morgan fingerprint density at radius 2 is 2.33 bits per heavy atom. The van der Waals surface area contributed by atoms with Crippen LogP contribution in [-0.2, 0) is 17.9 Å². The highest BCUT2D eigenvalue weighted by Crippen LogP contribution is 2.11. The van der Waals surface area contributed by atoms with Crippen molar-refractivity contribution in [3.63, 3.8) is 0 Å². The molecule has 0 aliphatic rings. The van der Waals surface area contributed by atoms with Crippen molar-refractivity contribution in [3.05, 3.63) is 41.7 Å². The highest BCUT2D eigenvalue weighted by atomic mass is 16.5. The lowest BCUT2D eigenvalue weighted by atomic mass is 10.2. The average Bonchev–Trinajstić information content (AvgIpc) is 2.91. The molecule has 0 fully saturated rings. The summed E-state index contributed by atoms with van der Waals surface area (Å²) >= 11 is 0. The maximum absolute atomic E-state index is 11.7. The van der Waals surface area contributed by atoms with Crippen LogP contribution in [0.15, 0.2) is 30.5 Å². The van der Waals surface area contributed by atoms with Gasteiger partial charge in [-0.1, -0.05) is 17.3 Å². The van der Waals surface area contributed by atoms with Crippen LogP contribution in [0.2, 0.25) is 0 Å². The summed E-state index contributed by atoms with van der Waals surface area (Å²) in [6.45, 7) is 3.29. The first-order chi connectivity index (χ1) is 10.2. The van der Waals surface area contributed by atoms with E-state index in [1.165, 1.54) is 4.68 Å². The highest BCUT2D eigenvalue weighted by Gasteiger charge is 2.05. The fourth-order valence-corrected chi connectivity index (χ4v) is 1.78. The van der Waals surface area contributed by atoms with E-state index in [2.05, 4.69) is 15.6 Å². The van der Waals surface area contributed by atoms with Gasteiger partial charge >= 0.3 is 0 Å². The van der Waals surface area contributed by atoms with Gasteiger partial charge in [0, 0.05) is 6.54 Å². The topological polar surface area (TPSA) is 95.1 Å². The maximum atomic E-state index is 11.7. The van der Waals surface area contributed by atoms with Crippen LogP contribution in [0, 0.1) is 6.92 Å². The van der Waals surface area contributed by atoms with Crippen molar-refractivity contribution in [1.82, 2.24) is 20.3 Å². The lowest BCUT2D eigenvalue weighted by Gasteiger charge is -2.08. The normalized spacial score (nSPS) is 10.4. The van der Waals surface area contributed by atoms with E-state index in [0.717, 1.165) is 11.3 Å². The number of amides is 1. The Labute approximate surface area is 123 Å². The minimum atomic E-state index is -0.142. The van der Waals surface area contributed by atoms with Crippen molar-refractivity contribution in [2.24, 2.45) is 5.73 Å². The number of hydrogen-bond acceptors (Lipinski definition) is 5. The van der Waals surface area contributed by atoms with Crippen molar-refractivity contribution in [2.45, 2.75) is 20.0 Å². The van der Waals surface area contributed by atoms with Gasteiger partial charge < -0.3 is 15.8 Å². The fourth-order valence-electron chi connectivity index (χ4n) is 1.78. The third-order valence-electron chi connectivity index (χ3n) is 2.78. The van der Waals surface area contributed by atoms with Crippen LogP contribution in [0.5, 0.6) is 5.75 Å². The Kier molecular flexibility index (Phi) is 5.28. The SMILES string of the molecule is Cc1cccc(OCCNC(=O)Cn2cc(CN)nn2)c1. The van der Waals surface area contributed by atoms with Crippen LogP contribution in [-0.4, -0.2) is 34.1 Å². The summed E-state index contributed by atoms with van der Waals surface area (Å²) in [5, 5.41) is 10.4. The number of rotatable bonds is 7. The largest absolute Gasteiger partial charge is 0.492 e. The number of ether oxygens (including phenoxy) is 1. The Bertz CT molecular complexity index is 597. The molecule has 1 aromatic carbocycles. The molecule has 0 bridgehead atoms. The highest BCUT2D eigenvalue weighted by molar-refractivity contribution is 5.75. The summed E-state index contributed by atoms with van der Waals surface area (Å²) < 4.78 is 7.00. The zero-order chi connectivity index (χ0) is 15.1. The van der Waals surface area contributed by atoms with E-state index in [1.54, 1.807) is 6.20 Å². The molecule has 3 N–H and O–H groups in total. The summed E-state index contributed by atoms with van der Waals surface area (Å²) in [6.07, 6.45) is 1.66. The van der Waals surface area contributed by atoms with Crippen molar-refractivity contribution >= 4 is 5.91 Å². The van der Waals surface area contributed by atoms with Crippen LogP contribution in [0.1, 0.15) is 11.3 Å². The Morgan fingerprint density at radius 3 is 3.05 bits per heavy atom. The van der Waals surface area contributed by atoms with Gasteiger partial charge in [0.1, 0.15) is 18.9 Å². The number of carbonyl (C=O) groups is 1. The van der Waals surface area contributed by atoms with Gasteiger partial charge in [-0.15, -0.1) is 5.10 Å². The molecule has 0 radical (unpaired) electrons. The van der Waals surface area contributed by atoms with Gasteiger partial charge in [-0.2, -0.15) is 0 Å². The first-order valence-electron chi connectivity index (χ1n) is 6.72. The second kappa shape index (κ2) is 7.39. The van der Waals surface area contributed by atoms with Crippen molar-refractivity contribution < 1.29 is 9.53 Å². The smallest absolute Gasteiger partial charge is 0.241 e. The van der Waals surface area contributed by atoms with Crippen LogP contribution < -0.4 is 15.8 Å². The Balaban J connectivity index is 1.67. The van der Waals surface area contributed by atoms with Gasteiger partial charge in [0.2, 0.25) is 5.91 Å². The van der Waals surface area contributed by atoms with E-state index in [1.807, 2.05) is 31.2 Å². The van der Waals surface area contributed by atoms with Gasteiger partial charge in [-0.25, -0.2) is 4.68 Å². The summed E-state index contributed by atoms with van der Waals surface area (Å²) in [6, 6.07) is 7.77. The van der Waals surface area contributed by atoms with Crippen molar-refractivity contribution in [2.75, 3.05) is 13.2 Å². The van der Waals surface area contributed by atoms with Crippen LogP contribution >= 0.6 is 0 Å². The number of aryl methyl sites for hydroxylation is 1. The van der Waals surface area contributed by atoms with Gasteiger partial charge in [-0.3, -0.25) is 4.79 Å². The summed E-state index contributed by atoms with van der Waals surface area (Å²) in [5.41, 5.74) is 7.22. The van der Waals surface area contributed by atoms with E-state index in [0.29, 0.717) is 25.4 Å². The third kappa shape index (κ3) is 4.88. The molecule has 0 aliphatic heterocycles. The number of nitrogens with two attached hydrogens (primary N) is 1. The monoisotopic (exact) mass is 289 g/mol. The van der Waals surface area contributed by atoms with Crippen LogP contribution in [0.25, 0.3) is 0 Å². The number of benzene rings is 1. The number of nitrogens with one attached hydrogen (secondary N) is 1. The van der Waals surface area contributed by atoms with Gasteiger partial charge in [0.15, 0.2) is 0 Å². The third-order valence-corrected chi connectivity index (χ3v) is 2.78. The first kappa shape index (κ1) is 15.0. The van der Waals surface area contributed by atoms with Gasteiger partial charge in [0.25, 0.3) is 0 Å². The average molecular weight is 289 g/mol. The maximum Gasteiger partial charge on any atom is 0.241 e. The second-order valence-corrected chi connectivity index (χ2v) is 4.63. The zero-order valence-corrected chi connectivity index (χ0v) is 12.0. The molecule has 0 saturated heterocycles. The van der Waals surface area contributed by atoms with Crippen LogP contribution in [0.4, 0.5) is 0 Å². The predicted molar refractivity (Wildman–Crippen MR) is 77.6 cm³/mol. The molecule has 7 nitrogen and oxygen atoms in total. The quantitative estimate of drug-likeness (QED) is 0.712. The number of aromatic nitrogens is 3. The summed E-state index contributed by atoms with van der Waals surface area (Å²) in [5.74, 6) is 0.657. The minimum Gasteiger partial charge on any atom is -0.492 e. The van der Waals surface area contributed by atoms with E-state index in [4.69, 9.17) is 10.5 Å². The Hall–Kier alpha value is -2.41. The fraction of sp³-hybridized carbons (Fsp3) is 0.357. The lowest BCUT2D eigenvalue weighted by Crippen LogP contribution is -2.31. The number of nitrogens with zero attached hydrogens (tertiary/aromatic N) is 3. The molecule has 7 heteroatoms. The van der Waals surface area contributed by atoms with E-state index in [-0.39, 0.29) is 12.5 Å². The van der Waals surface area contributed by atoms with E-state index >= 15 is 0 Å². The molecule has 112 valence electrons. The van der Waals surface area contributed by atoms with Crippen molar-refractivity contribution in [1.29, 1.82) is 0 Å². The molecule has 2 aromatic rings. The molecule has 0 spiro atoms. The molecular weight excluding hydrogens is 270 g/mol. The molecule has 2 rings (SSSR count). The van der Waals surface area contributed by atoms with E-state index < -0.39 is 0 Å². The summed E-state index contributed by atoms with van der Waals surface area (Å²) in [4.78, 5) is 11.7. The lowest BCUT2D eigenvalue weighted by molar-refractivity contribution is -0.121. The molecule has 1 heterocycles. The summed E-state index contributed by atoms with van der Waals surface area (Å²) in [7, 11) is 0. The molecular formula is C14H19N5O2. The minimum absolute atomic E-state index is 0.122.